The molecule has 5 nitrogen and oxygen atoms in total. The minimum absolute atomic E-state index is 0.0888. The standard InChI is InChI=1S/C13H18N4OS/c1-13(2,3)17-8-6-16-11(12(17)18)15-5-4-10-14-7-9-19-10/h6-9H,4-5H2,1-3H3,(H,15,16). The van der Waals surface area contributed by atoms with E-state index in [-0.39, 0.29) is 11.1 Å². The summed E-state index contributed by atoms with van der Waals surface area (Å²) >= 11 is 1.61. The van der Waals surface area contributed by atoms with Gasteiger partial charge in [0.2, 0.25) is 0 Å². The van der Waals surface area contributed by atoms with Crippen molar-refractivity contribution in [3.05, 3.63) is 39.3 Å². The quantitative estimate of drug-likeness (QED) is 0.930. The maximum atomic E-state index is 12.2. The van der Waals surface area contributed by atoms with Gasteiger partial charge >= 0.3 is 0 Å². The van der Waals surface area contributed by atoms with Crippen LogP contribution < -0.4 is 10.9 Å². The Kier molecular flexibility index (Phi) is 3.99. The van der Waals surface area contributed by atoms with Crippen LogP contribution in [-0.4, -0.2) is 21.1 Å². The number of hydrogen-bond acceptors (Lipinski definition) is 5. The van der Waals surface area contributed by atoms with Gasteiger partial charge in [-0.1, -0.05) is 0 Å². The van der Waals surface area contributed by atoms with Gasteiger partial charge in [0.15, 0.2) is 5.82 Å². The summed E-state index contributed by atoms with van der Waals surface area (Å²) in [5, 5.41) is 6.09. The molecule has 0 amide bonds. The Labute approximate surface area is 116 Å². The van der Waals surface area contributed by atoms with E-state index in [0.29, 0.717) is 12.4 Å². The topological polar surface area (TPSA) is 59.8 Å². The van der Waals surface area contributed by atoms with Gasteiger partial charge < -0.3 is 9.88 Å². The van der Waals surface area contributed by atoms with E-state index in [4.69, 9.17) is 0 Å². The van der Waals surface area contributed by atoms with E-state index in [1.165, 1.54) is 0 Å². The Morgan fingerprint density at radius 3 is 2.74 bits per heavy atom. The molecular weight excluding hydrogens is 260 g/mol. The maximum absolute atomic E-state index is 12.2. The van der Waals surface area contributed by atoms with Crippen molar-refractivity contribution in [1.82, 2.24) is 14.5 Å². The zero-order chi connectivity index (χ0) is 13.9. The van der Waals surface area contributed by atoms with Crippen LogP contribution in [0.3, 0.4) is 0 Å². The molecule has 2 heterocycles. The summed E-state index contributed by atoms with van der Waals surface area (Å²) < 4.78 is 1.69. The Morgan fingerprint density at radius 2 is 2.11 bits per heavy atom. The highest BCUT2D eigenvalue weighted by Gasteiger charge is 2.16. The van der Waals surface area contributed by atoms with Crippen LogP contribution in [0.25, 0.3) is 0 Å². The number of nitrogens with zero attached hydrogens (tertiary/aromatic N) is 3. The van der Waals surface area contributed by atoms with Gasteiger partial charge in [0.1, 0.15) is 0 Å². The average molecular weight is 278 g/mol. The molecule has 0 aliphatic rings. The van der Waals surface area contributed by atoms with Crippen LogP contribution in [-0.2, 0) is 12.0 Å². The summed E-state index contributed by atoms with van der Waals surface area (Å²) in [4.78, 5) is 20.5. The average Bonchev–Trinajstić information content (AvgIpc) is 2.83. The molecule has 0 aliphatic heterocycles. The third-order valence-electron chi connectivity index (χ3n) is 2.68. The number of thiazole rings is 1. The Balaban J connectivity index is 2.07. The SMILES string of the molecule is CC(C)(C)n1ccnc(NCCc2nccs2)c1=O. The second-order valence-electron chi connectivity index (χ2n) is 5.22. The number of nitrogens with one attached hydrogen (secondary N) is 1. The van der Waals surface area contributed by atoms with E-state index >= 15 is 0 Å². The molecule has 102 valence electrons. The fourth-order valence-corrected chi connectivity index (χ4v) is 2.35. The molecule has 0 aliphatic carbocycles. The first kappa shape index (κ1) is 13.7. The number of hydrogen-bond donors (Lipinski definition) is 1. The van der Waals surface area contributed by atoms with Gasteiger partial charge in [-0.15, -0.1) is 11.3 Å². The third kappa shape index (κ3) is 3.41. The van der Waals surface area contributed by atoms with Crippen molar-refractivity contribution in [2.45, 2.75) is 32.7 Å². The van der Waals surface area contributed by atoms with Crippen LogP contribution >= 0.6 is 11.3 Å². The second kappa shape index (κ2) is 5.52. The van der Waals surface area contributed by atoms with Crippen molar-refractivity contribution in [3.63, 3.8) is 0 Å². The van der Waals surface area contributed by atoms with Gasteiger partial charge in [0.25, 0.3) is 5.56 Å². The fraction of sp³-hybridized carbons (Fsp3) is 0.462. The summed E-state index contributed by atoms with van der Waals surface area (Å²) in [7, 11) is 0. The van der Waals surface area contributed by atoms with Gasteiger partial charge in [-0.2, -0.15) is 0 Å². The molecule has 0 bridgehead atoms. The van der Waals surface area contributed by atoms with Crippen molar-refractivity contribution in [1.29, 1.82) is 0 Å². The smallest absolute Gasteiger partial charge is 0.293 e. The molecule has 0 spiro atoms. The van der Waals surface area contributed by atoms with Crippen LogP contribution in [0.1, 0.15) is 25.8 Å². The van der Waals surface area contributed by atoms with Gasteiger partial charge in [0.05, 0.1) is 5.01 Å². The lowest BCUT2D eigenvalue weighted by atomic mass is 10.1. The molecule has 0 aromatic carbocycles. The zero-order valence-electron chi connectivity index (χ0n) is 11.4. The molecule has 1 N–H and O–H groups in total. The third-order valence-corrected chi connectivity index (χ3v) is 3.52. The number of anilines is 1. The van der Waals surface area contributed by atoms with Crippen molar-refractivity contribution in [3.8, 4) is 0 Å². The predicted octanol–water partition coefficient (Wildman–Crippen LogP) is 2.11. The maximum Gasteiger partial charge on any atom is 0.293 e. The second-order valence-corrected chi connectivity index (χ2v) is 6.20. The lowest BCUT2D eigenvalue weighted by molar-refractivity contribution is 0.383. The minimum Gasteiger partial charge on any atom is -0.365 e. The molecule has 2 rings (SSSR count). The highest BCUT2D eigenvalue weighted by Crippen LogP contribution is 2.11. The van der Waals surface area contributed by atoms with E-state index in [1.54, 1.807) is 34.5 Å². The van der Waals surface area contributed by atoms with Crippen LogP contribution in [0.4, 0.5) is 5.82 Å². The summed E-state index contributed by atoms with van der Waals surface area (Å²) in [6, 6.07) is 0. The van der Waals surface area contributed by atoms with Crippen LogP contribution in [0.5, 0.6) is 0 Å². The summed E-state index contributed by atoms with van der Waals surface area (Å²) in [5.74, 6) is 0.397. The highest BCUT2D eigenvalue weighted by molar-refractivity contribution is 7.09. The molecule has 19 heavy (non-hydrogen) atoms. The lowest BCUT2D eigenvalue weighted by Gasteiger charge is -2.22. The zero-order valence-corrected chi connectivity index (χ0v) is 12.2. The summed E-state index contributed by atoms with van der Waals surface area (Å²) in [6.45, 7) is 6.64. The number of aromatic nitrogens is 3. The Hall–Kier alpha value is -1.69. The molecule has 0 atom stereocenters. The van der Waals surface area contributed by atoms with Crippen molar-refractivity contribution >= 4 is 17.2 Å². The van der Waals surface area contributed by atoms with E-state index in [1.807, 2.05) is 26.2 Å². The monoisotopic (exact) mass is 278 g/mol. The van der Waals surface area contributed by atoms with Gasteiger partial charge in [0, 0.05) is 42.5 Å². The van der Waals surface area contributed by atoms with E-state index in [0.717, 1.165) is 11.4 Å². The minimum atomic E-state index is -0.244. The molecule has 0 fully saturated rings. The largest absolute Gasteiger partial charge is 0.365 e. The molecule has 6 heteroatoms. The molecule has 0 radical (unpaired) electrons. The van der Waals surface area contributed by atoms with Crippen molar-refractivity contribution in [2.75, 3.05) is 11.9 Å². The van der Waals surface area contributed by atoms with Crippen LogP contribution in [0.2, 0.25) is 0 Å². The van der Waals surface area contributed by atoms with Gasteiger partial charge in [-0.05, 0) is 20.8 Å². The first-order chi connectivity index (χ1) is 8.98. The molecular formula is C13H18N4OS. The normalized spacial score (nSPS) is 11.5. The predicted molar refractivity (Wildman–Crippen MR) is 77.8 cm³/mol. The fourth-order valence-electron chi connectivity index (χ4n) is 1.73. The van der Waals surface area contributed by atoms with Gasteiger partial charge in [-0.25, -0.2) is 9.97 Å². The van der Waals surface area contributed by atoms with Crippen LogP contribution in [0.15, 0.2) is 28.8 Å². The van der Waals surface area contributed by atoms with Crippen molar-refractivity contribution < 1.29 is 0 Å². The van der Waals surface area contributed by atoms with E-state index in [2.05, 4.69) is 15.3 Å². The van der Waals surface area contributed by atoms with Crippen molar-refractivity contribution in [2.24, 2.45) is 0 Å². The molecule has 2 aromatic rings. The lowest BCUT2D eigenvalue weighted by Crippen LogP contribution is -2.35. The highest BCUT2D eigenvalue weighted by atomic mass is 32.1. The Bertz CT molecular complexity index is 583. The molecule has 0 saturated heterocycles. The van der Waals surface area contributed by atoms with Gasteiger partial charge in [-0.3, -0.25) is 4.79 Å². The van der Waals surface area contributed by atoms with E-state index < -0.39 is 0 Å². The summed E-state index contributed by atoms with van der Waals surface area (Å²) in [6.07, 6.45) is 5.95. The molecule has 0 saturated carbocycles. The molecule has 0 unspecified atom stereocenters. The molecule has 2 aromatic heterocycles. The van der Waals surface area contributed by atoms with E-state index in [9.17, 15) is 4.79 Å². The number of rotatable bonds is 4. The van der Waals surface area contributed by atoms with Crippen LogP contribution in [0, 0.1) is 0 Å². The first-order valence-electron chi connectivity index (χ1n) is 6.19. The first-order valence-corrected chi connectivity index (χ1v) is 7.07. The Morgan fingerprint density at radius 1 is 1.32 bits per heavy atom. The summed E-state index contributed by atoms with van der Waals surface area (Å²) in [5.41, 5.74) is -0.333.